The highest BCUT2D eigenvalue weighted by atomic mass is 16.3. The molecule has 0 radical (unpaired) electrons. The van der Waals surface area contributed by atoms with Gasteiger partial charge in [-0.05, 0) is 85.8 Å². The zero-order valence-corrected chi connectivity index (χ0v) is 26.3. The number of rotatable bonds is 11. The lowest BCUT2D eigenvalue weighted by molar-refractivity contribution is 0.199. The number of aromatic nitrogens is 1. The molecule has 6 unspecified atom stereocenters. The molecule has 2 fully saturated rings. The van der Waals surface area contributed by atoms with Crippen LogP contribution in [0.3, 0.4) is 0 Å². The summed E-state index contributed by atoms with van der Waals surface area (Å²) < 4.78 is 0. The molecule has 6 nitrogen and oxygen atoms in total. The van der Waals surface area contributed by atoms with E-state index in [1.807, 2.05) is 6.08 Å². The number of H-pyrrole nitrogens is 1. The van der Waals surface area contributed by atoms with E-state index in [0.717, 1.165) is 53.2 Å². The van der Waals surface area contributed by atoms with Gasteiger partial charge in [0.15, 0.2) is 0 Å². The normalized spacial score (nSPS) is 34.2. The molecule has 0 amide bonds. The van der Waals surface area contributed by atoms with Gasteiger partial charge in [0.1, 0.15) is 0 Å². The van der Waals surface area contributed by atoms with E-state index in [1.54, 1.807) is 11.6 Å². The van der Waals surface area contributed by atoms with Gasteiger partial charge in [0, 0.05) is 46.4 Å². The number of nitrogens with zero attached hydrogens (tertiary/aromatic N) is 1. The van der Waals surface area contributed by atoms with Crippen molar-refractivity contribution in [3.8, 4) is 0 Å². The largest absolute Gasteiger partial charge is 0.512 e. The highest BCUT2D eigenvalue weighted by Crippen LogP contribution is 2.54. The molecule has 1 saturated carbocycles. The molecule has 5 heterocycles. The van der Waals surface area contributed by atoms with Crippen molar-refractivity contribution in [3.05, 3.63) is 81.9 Å². The molecule has 2 aliphatic carbocycles. The minimum atomic E-state index is -0.708. The number of aliphatic hydroxyl groups is 2. The van der Waals surface area contributed by atoms with Crippen molar-refractivity contribution in [2.24, 2.45) is 10.9 Å². The molecule has 1 aromatic rings. The number of aromatic amines is 1. The highest BCUT2D eigenvalue weighted by molar-refractivity contribution is 6.30. The summed E-state index contributed by atoms with van der Waals surface area (Å²) in [6.45, 7) is 2.29. The second kappa shape index (κ2) is 12.7. The SMILES string of the molecule is CCCCCCCCCCC/C1=C2\C=CC(N2)C2CC23C=CC(=N3)C(C2=CC(O)CC(O)=C2)=c2cc/c([nH]2)=C/C2CCC1N2. The summed E-state index contributed by atoms with van der Waals surface area (Å²) in [6, 6.07) is 5.25. The van der Waals surface area contributed by atoms with Gasteiger partial charge in [0.05, 0.1) is 29.2 Å². The van der Waals surface area contributed by atoms with E-state index in [1.165, 1.54) is 63.5 Å². The van der Waals surface area contributed by atoms with Crippen molar-refractivity contribution < 1.29 is 10.2 Å². The Morgan fingerprint density at radius 3 is 2.61 bits per heavy atom. The molecular formula is C38H50N4O2. The number of aliphatic imine (C=N–C) groups is 1. The van der Waals surface area contributed by atoms with Crippen LogP contribution in [-0.4, -0.2) is 50.7 Å². The van der Waals surface area contributed by atoms with Crippen molar-refractivity contribution in [1.82, 2.24) is 15.6 Å². The zero-order valence-electron chi connectivity index (χ0n) is 26.3. The lowest BCUT2D eigenvalue weighted by Crippen LogP contribution is -2.34. The van der Waals surface area contributed by atoms with Crippen LogP contribution in [0.2, 0.25) is 0 Å². The molecule has 1 saturated heterocycles. The van der Waals surface area contributed by atoms with Gasteiger partial charge in [0.2, 0.25) is 0 Å². The summed E-state index contributed by atoms with van der Waals surface area (Å²) in [5.41, 5.74) is 5.39. The minimum absolute atomic E-state index is 0.190. The Bertz CT molecular complexity index is 1550. The smallest absolute Gasteiger partial charge is 0.0957 e. The summed E-state index contributed by atoms with van der Waals surface area (Å²) in [7, 11) is 0. The van der Waals surface area contributed by atoms with Crippen molar-refractivity contribution in [1.29, 1.82) is 0 Å². The fraction of sp³-hybridized carbons (Fsp3) is 0.553. The average molecular weight is 595 g/mol. The van der Waals surface area contributed by atoms with E-state index >= 15 is 0 Å². The number of aliphatic hydroxyl groups excluding tert-OH is 2. The standard InChI is InChI=1S/C38H50N4O2/c1-2-3-4-5-6-7-8-9-10-11-30-32-14-12-26(39-32)22-27-13-15-35(40-27)37(25-20-28(43)23-29(44)21-25)36-18-19-38(42-36)24-31(38)34-17-16-33(30)41-34/h13,15-22,26,28,31-32,34,39-41,43-44H,2-12,14,23-24H2,1H3/b27-22-,33-30-,37-35?. The molecule has 7 rings (SSSR count). The van der Waals surface area contributed by atoms with E-state index in [-0.39, 0.29) is 23.8 Å². The number of fused-ring (bicyclic) bond motifs is 7. The third-order valence-electron chi connectivity index (χ3n) is 10.6. The molecule has 6 heteroatoms. The van der Waals surface area contributed by atoms with Gasteiger partial charge in [0.25, 0.3) is 0 Å². The van der Waals surface area contributed by atoms with E-state index in [0.29, 0.717) is 18.0 Å². The van der Waals surface area contributed by atoms with Crippen LogP contribution in [0.5, 0.6) is 0 Å². The number of hydrogen-bond acceptors (Lipinski definition) is 5. The Kier molecular flexibility index (Phi) is 8.56. The second-order valence-electron chi connectivity index (χ2n) is 14.0. The molecule has 6 aliphatic rings. The number of allylic oxidation sites excluding steroid dienone is 4. The zero-order chi connectivity index (χ0) is 30.1. The van der Waals surface area contributed by atoms with Gasteiger partial charge in [-0.2, -0.15) is 0 Å². The Morgan fingerprint density at radius 1 is 0.977 bits per heavy atom. The van der Waals surface area contributed by atoms with Crippen molar-refractivity contribution in [2.45, 2.75) is 127 Å². The third kappa shape index (κ3) is 6.21. The predicted molar refractivity (Wildman–Crippen MR) is 180 cm³/mol. The number of unbranched alkanes of at least 4 members (excludes halogenated alkanes) is 8. The fourth-order valence-electron chi connectivity index (χ4n) is 8.16. The van der Waals surface area contributed by atoms with Crippen molar-refractivity contribution >= 4 is 17.4 Å². The van der Waals surface area contributed by atoms with Gasteiger partial charge in [-0.1, -0.05) is 70.4 Å². The molecule has 5 N–H and O–H groups in total. The van der Waals surface area contributed by atoms with Crippen LogP contribution in [0.25, 0.3) is 11.6 Å². The topological polar surface area (TPSA) is 92.7 Å². The van der Waals surface area contributed by atoms with Crippen LogP contribution in [0, 0.1) is 5.92 Å². The molecule has 6 atom stereocenters. The first-order chi connectivity index (χ1) is 21.5. The molecule has 234 valence electrons. The number of hydrogen-bond donors (Lipinski definition) is 5. The fourth-order valence-corrected chi connectivity index (χ4v) is 8.16. The summed E-state index contributed by atoms with van der Waals surface area (Å²) in [6.07, 6.45) is 31.3. The number of nitrogens with one attached hydrogen (secondary N) is 3. The molecule has 44 heavy (non-hydrogen) atoms. The Balaban J connectivity index is 1.15. The van der Waals surface area contributed by atoms with Gasteiger partial charge in [-0.3, -0.25) is 4.99 Å². The van der Waals surface area contributed by atoms with Crippen LogP contribution in [0.1, 0.15) is 96.8 Å². The van der Waals surface area contributed by atoms with E-state index in [9.17, 15) is 10.2 Å². The van der Waals surface area contributed by atoms with Crippen molar-refractivity contribution in [3.63, 3.8) is 0 Å². The maximum atomic E-state index is 10.5. The van der Waals surface area contributed by atoms with Gasteiger partial charge in [-0.15, -0.1) is 0 Å². The minimum Gasteiger partial charge on any atom is -0.512 e. The van der Waals surface area contributed by atoms with Crippen LogP contribution in [0.15, 0.2) is 76.2 Å². The highest BCUT2D eigenvalue weighted by Gasteiger charge is 2.58. The second-order valence-corrected chi connectivity index (χ2v) is 14.0. The molecule has 4 aliphatic heterocycles. The maximum Gasteiger partial charge on any atom is 0.0957 e. The van der Waals surface area contributed by atoms with Crippen LogP contribution >= 0.6 is 0 Å². The lowest BCUT2D eigenvalue weighted by atomic mass is 9.93. The lowest BCUT2D eigenvalue weighted by Gasteiger charge is -2.21. The first-order valence-corrected chi connectivity index (χ1v) is 17.5. The quantitative estimate of drug-likeness (QED) is 0.213. The third-order valence-corrected chi connectivity index (χ3v) is 10.6. The van der Waals surface area contributed by atoms with Crippen LogP contribution < -0.4 is 21.3 Å². The monoisotopic (exact) mass is 594 g/mol. The Morgan fingerprint density at radius 2 is 1.80 bits per heavy atom. The van der Waals surface area contributed by atoms with Crippen LogP contribution in [0.4, 0.5) is 0 Å². The molecule has 8 bridgehead atoms. The van der Waals surface area contributed by atoms with E-state index < -0.39 is 6.10 Å². The van der Waals surface area contributed by atoms with E-state index in [4.69, 9.17) is 4.99 Å². The van der Waals surface area contributed by atoms with Gasteiger partial charge >= 0.3 is 0 Å². The average Bonchev–Trinajstić information content (AvgIpc) is 3.57. The van der Waals surface area contributed by atoms with Crippen LogP contribution in [-0.2, 0) is 0 Å². The molecule has 1 aromatic heterocycles. The van der Waals surface area contributed by atoms with Crippen molar-refractivity contribution in [2.75, 3.05) is 0 Å². The summed E-state index contributed by atoms with van der Waals surface area (Å²) in [5.74, 6) is 0.619. The Hall–Kier alpha value is -3.09. The molecule has 0 aromatic carbocycles. The van der Waals surface area contributed by atoms with Gasteiger partial charge < -0.3 is 25.8 Å². The maximum absolute atomic E-state index is 10.5. The Labute approximate surface area is 262 Å². The summed E-state index contributed by atoms with van der Waals surface area (Å²) in [4.78, 5) is 9.00. The van der Waals surface area contributed by atoms with E-state index in [2.05, 4.69) is 65.1 Å². The molecule has 1 spiro atoms. The molecular weight excluding hydrogens is 544 g/mol. The predicted octanol–water partition coefficient (Wildman–Crippen LogP) is 5.69. The van der Waals surface area contributed by atoms with Gasteiger partial charge in [-0.25, -0.2) is 0 Å². The summed E-state index contributed by atoms with van der Waals surface area (Å²) in [5, 5.41) is 30.9. The summed E-state index contributed by atoms with van der Waals surface area (Å²) >= 11 is 0. The first-order valence-electron chi connectivity index (χ1n) is 17.5. The first kappa shape index (κ1) is 29.6.